The molecule has 1 aromatic heterocycles. The Bertz CT molecular complexity index is 1450. The van der Waals surface area contributed by atoms with Gasteiger partial charge in [-0.05, 0) is 108 Å². The lowest BCUT2D eigenvalue weighted by Crippen LogP contribution is -2.44. The normalized spacial score (nSPS) is 18.6. The number of hydrogen-bond acceptors (Lipinski definition) is 7. The molecule has 1 N–H and O–H groups in total. The predicted molar refractivity (Wildman–Crippen MR) is 158 cm³/mol. The molecule has 2 aliphatic heterocycles. The highest BCUT2D eigenvalue weighted by atomic mass is 32.1. The van der Waals surface area contributed by atoms with Crippen LogP contribution in [0.25, 0.3) is 0 Å². The first-order chi connectivity index (χ1) is 20.2. The minimum Gasteiger partial charge on any atom is -0.493 e. The van der Waals surface area contributed by atoms with E-state index in [4.69, 9.17) is 22.2 Å². The minimum atomic E-state index is -4.84. The fourth-order valence-electron chi connectivity index (χ4n) is 5.58. The van der Waals surface area contributed by atoms with Gasteiger partial charge in [-0.3, -0.25) is 19.4 Å². The molecule has 0 bridgehead atoms. The van der Waals surface area contributed by atoms with Crippen molar-refractivity contribution >= 4 is 40.6 Å². The third-order valence-electron chi connectivity index (χ3n) is 8.23. The maximum absolute atomic E-state index is 13.6. The Morgan fingerprint density at radius 3 is 2.51 bits per heavy atom. The molecule has 2 fully saturated rings. The number of piperidine rings is 1. The third kappa shape index (κ3) is 6.45. The number of hydrogen-bond donors (Lipinski definition) is 1. The van der Waals surface area contributed by atoms with E-state index in [0.29, 0.717) is 30.4 Å². The van der Waals surface area contributed by atoms with Crippen molar-refractivity contribution in [1.29, 1.82) is 5.26 Å². The summed E-state index contributed by atoms with van der Waals surface area (Å²) in [6.07, 6.45) is -0.511. The average Bonchev–Trinajstić information content (AvgIpc) is 3.14. The molecule has 0 saturated carbocycles. The lowest BCUT2D eigenvalue weighted by Gasteiger charge is -2.34. The zero-order chi connectivity index (χ0) is 31.7. The second-order valence-electron chi connectivity index (χ2n) is 11.3. The van der Waals surface area contributed by atoms with Crippen molar-refractivity contribution in [3.63, 3.8) is 0 Å². The van der Waals surface area contributed by atoms with Crippen LogP contribution in [0, 0.1) is 17.2 Å². The van der Waals surface area contributed by atoms with Gasteiger partial charge in [-0.2, -0.15) is 18.4 Å². The third-order valence-corrected chi connectivity index (χ3v) is 8.60. The number of likely N-dealkylation sites (tertiary alicyclic amines) is 1. The van der Waals surface area contributed by atoms with E-state index in [9.17, 15) is 27.9 Å². The van der Waals surface area contributed by atoms with Crippen molar-refractivity contribution in [3.05, 3.63) is 47.3 Å². The Hall–Kier alpha value is -3.76. The number of carboxylic acid groups (broad SMARTS) is 1. The zero-order valence-corrected chi connectivity index (χ0v) is 25.3. The molecule has 230 valence electrons. The van der Waals surface area contributed by atoms with Gasteiger partial charge in [0, 0.05) is 5.69 Å². The van der Waals surface area contributed by atoms with E-state index >= 15 is 0 Å². The smallest absolute Gasteiger partial charge is 0.419 e. The number of alkyl halides is 3. The largest absolute Gasteiger partial charge is 0.493 e. The summed E-state index contributed by atoms with van der Waals surface area (Å²) in [6.45, 7) is 8.94. The maximum atomic E-state index is 13.6. The van der Waals surface area contributed by atoms with Crippen LogP contribution in [0.5, 0.6) is 5.75 Å². The minimum absolute atomic E-state index is 0.00564. The Morgan fingerprint density at radius 1 is 1.26 bits per heavy atom. The number of nitriles is 1. The number of carbonyl (C=O) groups is 2. The number of amides is 1. The molecule has 9 nitrogen and oxygen atoms in total. The topological polar surface area (TPSA) is 110 Å². The van der Waals surface area contributed by atoms with E-state index in [0.717, 1.165) is 55.1 Å². The lowest BCUT2D eigenvalue weighted by molar-refractivity contribution is -0.143. The number of aliphatic carboxylic acids is 1. The van der Waals surface area contributed by atoms with Crippen molar-refractivity contribution in [2.45, 2.75) is 71.1 Å². The Labute approximate surface area is 253 Å². The lowest BCUT2D eigenvalue weighted by atomic mass is 9.93. The molecule has 1 atom stereocenters. The summed E-state index contributed by atoms with van der Waals surface area (Å²) < 4.78 is 47.0. The molecule has 2 aliphatic rings. The number of aromatic nitrogens is 1. The van der Waals surface area contributed by atoms with Crippen LogP contribution in [-0.2, 0) is 22.2 Å². The van der Waals surface area contributed by atoms with Crippen LogP contribution in [0.15, 0.2) is 30.5 Å². The molecule has 0 unspecified atom stereocenters. The van der Waals surface area contributed by atoms with E-state index in [1.807, 2.05) is 24.0 Å². The summed E-state index contributed by atoms with van der Waals surface area (Å²) in [5, 5.41) is 18.3. The first kappa shape index (κ1) is 32.2. The average molecular weight is 618 g/mol. The SMILES string of the molecule is CCc1cc(N2C(=S)N(c3cnc(C#N)c(C(F)(F)F)c3)C(=O)C2(C)C)ccc1OCCC1CCN([C@H](C)C(=O)O)CC1. The summed E-state index contributed by atoms with van der Waals surface area (Å²) >= 11 is 5.63. The molecule has 4 rings (SSSR count). The van der Waals surface area contributed by atoms with Gasteiger partial charge in [0.15, 0.2) is 10.8 Å². The van der Waals surface area contributed by atoms with Crippen LogP contribution in [0.1, 0.15) is 63.8 Å². The number of aryl methyl sites for hydroxylation is 1. The maximum Gasteiger partial charge on any atom is 0.419 e. The van der Waals surface area contributed by atoms with Gasteiger partial charge >= 0.3 is 12.1 Å². The van der Waals surface area contributed by atoms with Crippen LogP contribution in [0.4, 0.5) is 24.5 Å². The van der Waals surface area contributed by atoms with Gasteiger partial charge in [-0.15, -0.1) is 0 Å². The van der Waals surface area contributed by atoms with Crippen LogP contribution in [-0.4, -0.2) is 63.3 Å². The molecular formula is C30H34F3N5O4S. The number of carbonyl (C=O) groups excluding carboxylic acids is 1. The molecule has 13 heteroatoms. The first-order valence-corrected chi connectivity index (χ1v) is 14.5. The molecule has 0 spiro atoms. The van der Waals surface area contributed by atoms with Crippen LogP contribution >= 0.6 is 12.2 Å². The second-order valence-corrected chi connectivity index (χ2v) is 11.7. The van der Waals surface area contributed by atoms with Crippen molar-refractivity contribution in [1.82, 2.24) is 9.88 Å². The van der Waals surface area contributed by atoms with Gasteiger partial charge < -0.3 is 14.7 Å². The van der Waals surface area contributed by atoms with E-state index in [1.54, 1.807) is 31.7 Å². The summed E-state index contributed by atoms with van der Waals surface area (Å²) in [4.78, 5) is 33.0. The fourth-order valence-corrected chi connectivity index (χ4v) is 6.10. The van der Waals surface area contributed by atoms with Crippen LogP contribution in [0.2, 0.25) is 0 Å². The van der Waals surface area contributed by atoms with Gasteiger partial charge in [-0.1, -0.05) is 6.92 Å². The molecule has 43 heavy (non-hydrogen) atoms. The summed E-state index contributed by atoms with van der Waals surface area (Å²) in [7, 11) is 0. The highest BCUT2D eigenvalue weighted by Gasteiger charge is 2.51. The molecule has 1 amide bonds. The Balaban J connectivity index is 1.49. The van der Waals surface area contributed by atoms with Crippen molar-refractivity contribution in [2.24, 2.45) is 5.92 Å². The molecule has 0 aliphatic carbocycles. The molecular weight excluding hydrogens is 583 g/mol. The van der Waals surface area contributed by atoms with E-state index in [-0.39, 0.29) is 10.8 Å². The number of pyridine rings is 1. The molecule has 3 heterocycles. The second kappa shape index (κ2) is 12.5. The monoisotopic (exact) mass is 617 g/mol. The number of thiocarbonyl (C=S) groups is 1. The van der Waals surface area contributed by atoms with Crippen LogP contribution in [0.3, 0.4) is 0 Å². The quantitative estimate of drug-likeness (QED) is 0.370. The number of nitrogens with zero attached hydrogens (tertiary/aromatic N) is 5. The Morgan fingerprint density at radius 2 is 1.93 bits per heavy atom. The van der Waals surface area contributed by atoms with E-state index < -0.39 is 40.9 Å². The van der Waals surface area contributed by atoms with Gasteiger partial charge in [0.2, 0.25) is 0 Å². The van der Waals surface area contributed by atoms with Gasteiger partial charge in [0.25, 0.3) is 5.91 Å². The molecule has 0 radical (unpaired) electrons. The molecule has 2 saturated heterocycles. The van der Waals surface area contributed by atoms with Crippen molar-refractivity contribution in [3.8, 4) is 11.8 Å². The number of carboxylic acids is 1. The van der Waals surface area contributed by atoms with Gasteiger partial charge in [0.05, 0.1) is 24.1 Å². The number of rotatable bonds is 9. The molecule has 1 aromatic carbocycles. The Kier molecular flexibility index (Phi) is 9.32. The number of benzene rings is 1. The standard InChI is InChI=1S/C30H34F3N5O4S/c1-5-20-14-21(6-7-25(20)42-13-10-19-8-11-36(12-9-19)18(2)26(39)40)38-28(43)37(27(41)29(38,3)4)22-15-23(30(31,32)33)24(16-34)35-17-22/h6-7,14-15,17-19H,5,8-13H2,1-4H3,(H,39,40)/t18-/m1/s1. The zero-order valence-electron chi connectivity index (χ0n) is 24.4. The predicted octanol–water partition coefficient (Wildman–Crippen LogP) is 5.41. The molecule has 2 aromatic rings. The van der Waals surface area contributed by atoms with Gasteiger partial charge in [0.1, 0.15) is 23.4 Å². The van der Waals surface area contributed by atoms with E-state index in [2.05, 4.69) is 4.98 Å². The fraction of sp³-hybridized carbons (Fsp3) is 0.500. The summed E-state index contributed by atoms with van der Waals surface area (Å²) in [5.74, 6) is -0.204. The number of halogens is 3. The van der Waals surface area contributed by atoms with Crippen LogP contribution < -0.4 is 14.5 Å². The summed E-state index contributed by atoms with van der Waals surface area (Å²) in [6, 6.07) is 7.12. The van der Waals surface area contributed by atoms with Crippen molar-refractivity contribution in [2.75, 3.05) is 29.5 Å². The van der Waals surface area contributed by atoms with E-state index in [1.165, 1.54) is 6.07 Å². The number of anilines is 2. The number of ether oxygens (including phenoxy) is 1. The first-order valence-electron chi connectivity index (χ1n) is 14.1. The highest BCUT2D eigenvalue weighted by molar-refractivity contribution is 7.81. The summed E-state index contributed by atoms with van der Waals surface area (Å²) in [5.41, 5.74) is -1.94. The highest BCUT2D eigenvalue weighted by Crippen LogP contribution is 2.40. The van der Waals surface area contributed by atoms with Gasteiger partial charge in [-0.25, -0.2) is 4.98 Å². The van der Waals surface area contributed by atoms with Crippen molar-refractivity contribution < 1.29 is 32.6 Å².